The van der Waals surface area contributed by atoms with Crippen molar-refractivity contribution in [3.63, 3.8) is 0 Å². The highest BCUT2D eigenvalue weighted by molar-refractivity contribution is 6.31. The van der Waals surface area contributed by atoms with Gasteiger partial charge >= 0.3 is 0 Å². The summed E-state index contributed by atoms with van der Waals surface area (Å²) in [6.45, 7) is 4.31. The Hall–Kier alpha value is -2.86. The monoisotopic (exact) mass is 425 g/mol. The standard InChI is InChI=1S/C23H24ClN3O3/c1-16-5-7-17(8-6-16)22(29)25-9-11-26(12-10-25)23(30)18-13-21(28)27(15-18)20-4-2-3-19(24)14-20/h2-8,14,18H,9-13,15H2,1H3. The molecule has 0 spiro atoms. The quantitative estimate of drug-likeness (QED) is 0.759. The Labute approximate surface area is 181 Å². The summed E-state index contributed by atoms with van der Waals surface area (Å²) in [7, 11) is 0. The molecule has 4 rings (SSSR count). The molecule has 30 heavy (non-hydrogen) atoms. The second-order valence-corrected chi connectivity index (χ2v) is 8.31. The molecule has 7 heteroatoms. The topological polar surface area (TPSA) is 60.9 Å². The molecule has 3 amide bonds. The van der Waals surface area contributed by atoms with Crippen LogP contribution in [0.15, 0.2) is 48.5 Å². The number of carbonyl (C=O) groups is 3. The number of piperazine rings is 1. The molecule has 2 fully saturated rings. The molecular weight excluding hydrogens is 402 g/mol. The SMILES string of the molecule is Cc1ccc(C(=O)N2CCN(C(=O)C3CC(=O)N(c4cccc(Cl)c4)C3)CC2)cc1. The first-order valence-corrected chi connectivity index (χ1v) is 10.5. The zero-order chi connectivity index (χ0) is 21.3. The van der Waals surface area contributed by atoms with Crippen molar-refractivity contribution in [2.45, 2.75) is 13.3 Å². The molecule has 156 valence electrons. The summed E-state index contributed by atoms with van der Waals surface area (Å²) >= 11 is 6.04. The maximum absolute atomic E-state index is 13.0. The van der Waals surface area contributed by atoms with Crippen molar-refractivity contribution < 1.29 is 14.4 Å². The Balaban J connectivity index is 1.35. The molecule has 2 saturated heterocycles. The maximum atomic E-state index is 13.0. The Kier molecular flexibility index (Phi) is 5.77. The third-order valence-electron chi connectivity index (χ3n) is 5.77. The molecule has 0 saturated carbocycles. The Bertz CT molecular complexity index is 968. The van der Waals surface area contributed by atoms with Crippen molar-refractivity contribution in [2.75, 3.05) is 37.6 Å². The lowest BCUT2D eigenvalue weighted by molar-refractivity contribution is -0.137. The molecule has 2 aromatic carbocycles. The van der Waals surface area contributed by atoms with Crippen molar-refractivity contribution in [2.24, 2.45) is 5.92 Å². The minimum absolute atomic E-state index is 0.00901. The van der Waals surface area contributed by atoms with Crippen LogP contribution in [0.25, 0.3) is 0 Å². The number of carbonyl (C=O) groups excluding carboxylic acids is 3. The summed E-state index contributed by atoms with van der Waals surface area (Å²) in [4.78, 5) is 43.3. The van der Waals surface area contributed by atoms with E-state index in [1.54, 1.807) is 32.9 Å². The van der Waals surface area contributed by atoms with Gasteiger partial charge in [0, 0.05) is 55.4 Å². The number of benzene rings is 2. The number of hydrogen-bond donors (Lipinski definition) is 0. The van der Waals surface area contributed by atoms with Crippen LogP contribution in [0.1, 0.15) is 22.3 Å². The van der Waals surface area contributed by atoms with Gasteiger partial charge < -0.3 is 14.7 Å². The molecule has 2 aliphatic heterocycles. The number of amides is 3. The van der Waals surface area contributed by atoms with Crippen LogP contribution in [-0.2, 0) is 9.59 Å². The summed E-state index contributed by atoms with van der Waals surface area (Å²) in [6.07, 6.45) is 0.202. The molecular formula is C23H24ClN3O3. The molecule has 0 radical (unpaired) electrons. The van der Waals surface area contributed by atoms with Crippen molar-refractivity contribution in [3.05, 3.63) is 64.7 Å². The number of halogens is 1. The lowest BCUT2D eigenvalue weighted by Gasteiger charge is -2.36. The first-order chi connectivity index (χ1) is 14.4. The number of nitrogens with zero attached hydrogens (tertiary/aromatic N) is 3. The predicted molar refractivity (Wildman–Crippen MR) is 116 cm³/mol. The van der Waals surface area contributed by atoms with Crippen LogP contribution in [-0.4, -0.2) is 60.2 Å². The van der Waals surface area contributed by atoms with Crippen molar-refractivity contribution in [3.8, 4) is 0 Å². The van der Waals surface area contributed by atoms with Gasteiger partial charge in [0.25, 0.3) is 5.91 Å². The number of anilines is 1. The average Bonchev–Trinajstić information content (AvgIpc) is 3.15. The van der Waals surface area contributed by atoms with Crippen LogP contribution in [0.4, 0.5) is 5.69 Å². The summed E-state index contributed by atoms with van der Waals surface area (Å²) in [5.74, 6) is -0.458. The summed E-state index contributed by atoms with van der Waals surface area (Å²) in [5.41, 5.74) is 2.50. The summed E-state index contributed by atoms with van der Waals surface area (Å²) in [5, 5.41) is 0.560. The molecule has 0 bridgehead atoms. The van der Waals surface area contributed by atoms with Crippen molar-refractivity contribution in [1.82, 2.24) is 9.80 Å². The molecule has 6 nitrogen and oxygen atoms in total. The average molecular weight is 426 g/mol. The van der Waals surface area contributed by atoms with Gasteiger partial charge in [0.05, 0.1) is 5.92 Å². The van der Waals surface area contributed by atoms with Gasteiger partial charge in [-0.25, -0.2) is 0 Å². The minimum Gasteiger partial charge on any atom is -0.339 e. The molecule has 1 atom stereocenters. The highest BCUT2D eigenvalue weighted by Crippen LogP contribution is 2.28. The zero-order valence-electron chi connectivity index (χ0n) is 16.9. The molecule has 1 unspecified atom stereocenters. The second kappa shape index (κ2) is 8.48. The van der Waals surface area contributed by atoms with E-state index in [1.165, 1.54) is 0 Å². The van der Waals surface area contributed by atoms with Crippen LogP contribution in [0, 0.1) is 12.8 Å². The van der Waals surface area contributed by atoms with E-state index in [0.29, 0.717) is 43.3 Å². The molecule has 2 aliphatic rings. The van der Waals surface area contributed by atoms with E-state index in [0.717, 1.165) is 11.3 Å². The van der Waals surface area contributed by atoms with Crippen LogP contribution in [0.5, 0.6) is 0 Å². The van der Waals surface area contributed by atoms with Gasteiger partial charge in [-0.15, -0.1) is 0 Å². The molecule has 2 aromatic rings. The van der Waals surface area contributed by atoms with E-state index in [9.17, 15) is 14.4 Å². The Morgan fingerprint density at radius 3 is 2.30 bits per heavy atom. The molecule has 0 aliphatic carbocycles. The highest BCUT2D eigenvalue weighted by Gasteiger charge is 2.38. The second-order valence-electron chi connectivity index (χ2n) is 7.87. The molecule has 2 heterocycles. The summed E-state index contributed by atoms with van der Waals surface area (Å²) in [6, 6.07) is 14.6. The largest absolute Gasteiger partial charge is 0.339 e. The van der Waals surface area contributed by atoms with Gasteiger partial charge in [0.1, 0.15) is 0 Å². The van der Waals surface area contributed by atoms with E-state index >= 15 is 0 Å². The van der Waals surface area contributed by atoms with Gasteiger partial charge in [-0.05, 0) is 37.3 Å². The Morgan fingerprint density at radius 2 is 1.63 bits per heavy atom. The van der Waals surface area contributed by atoms with Crippen molar-refractivity contribution in [1.29, 1.82) is 0 Å². The first kappa shape index (κ1) is 20.4. The fourth-order valence-corrected chi connectivity index (χ4v) is 4.22. The van der Waals surface area contributed by atoms with Gasteiger partial charge in [0.15, 0.2) is 0 Å². The van der Waals surface area contributed by atoms with Crippen LogP contribution < -0.4 is 4.90 Å². The lowest BCUT2D eigenvalue weighted by Crippen LogP contribution is -2.52. The lowest BCUT2D eigenvalue weighted by atomic mass is 10.1. The van der Waals surface area contributed by atoms with E-state index in [2.05, 4.69) is 0 Å². The first-order valence-electron chi connectivity index (χ1n) is 10.1. The number of aryl methyl sites for hydroxylation is 1. The van der Waals surface area contributed by atoms with E-state index in [-0.39, 0.29) is 30.1 Å². The highest BCUT2D eigenvalue weighted by atomic mass is 35.5. The van der Waals surface area contributed by atoms with Crippen LogP contribution >= 0.6 is 11.6 Å². The third kappa shape index (κ3) is 4.19. The molecule has 0 N–H and O–H groups in total. The number of hydrogen-bond acceptors (Lipinski definition) is 3. The van der Waals surface area contributed by atoms with E-state index in [4.69, 9.17) is 11.6 Å². The maximum Gasteiger partial charge on any atom is 0.253 e. The Morgan fingerprint density at radius 1 is 0.967 bits per heavy atom. The normalized spacial score (nSPS) is 19.3. The summed E-state index contributed by atoms with van der Waals surface area (Å²) < 4.78 is 0. The van der Waals surface area contributed by atoms with Gasteiger partial charge in [-0.3, -0.25) is 14.4 Å². The van der Waals surface area contributed by atoms with E-state index in [1.807, 2.05) is 37.3 Å². The smallest absolute Gasteiger partial charge is 0.253 e. The predicted octanol–water partition coefficient (Wildman–Crippen LogP) is 2.99. The number of rotatable bonds is 3. The van der Waals surface area contributed by atoms with Crippen LogP contribution in [0.3, 0.4) is 0 Å². The van der Waals surface area contributed by atoms with Gasteiger partial charge in [0.2, 0.25) is 11.8 Å². The minimum atomic E-state index is -0.365. The zero-order valence-corrected chi connectivity index (χ0v) is 17.6. The van der Waals surface area contributed by atoms with Crippen molar-refractivity contribution >= 4 is 35.0 Å². The van der Waals surface area contributed by atoms with E-state index < -0.39 is 0 Å². The molecule has 0 aromatic heterocycles. The van der Waals surface area contributed by atoms with Gasteiger partial charge in [-0.1, -0.05) is 35.4 Å². The third-order valence-corrected chi connectivity index (χ3v) is 6.01. The van der Waals surface area contributed by atoms with Gasteiger partial charge in [-0.2, -0.15) is 0 Å². The van der Waals surface area contributed by atoms with Crippen LogP contribution in [0.2, 0.25) is 5.02 Å². The fourth-order valence-electron chi connectivity index (χ4n) is 4.03. The fraction of sp³-hybridized carbons (Fsp3) is 0.348.